The van der Waals surface area contributed by atoms with Gasteiger partial charge in [0.25, 0.3) is 5.91 Å². The van der Waals surface area contributed by atoms with Crippen LogP contribution in [0.3, 0.4) is 0 Å². The van der Waals surface area contributed by atoms with Gasteiger partial charge < -0.3 is 5.32 Å². The smallest absolute Gasteiger partial charge is 0.274 e. The lowest BCUT2D eigenvalue weighted by molar-refractivity contribution is 0.102. The lowest BCUT2D eigenvalue weighted by atomic mass is 10.2. The average molecular weight is 247 g/mol. The van der Waals surface area contributed by atoms with E-state index in [-0.39, 0.29) is 5.91 Å². The van der Waals surface area contributed by atoms with Gasteiger partial charge in [0.05, 0.1) is 0 Å². The van der Waals surface area contributed by atoms with Crippen LogP contribution in [0.5, 0.6) is 0 Å². The minimum absolute atomic E-state index is 0.226. The molecule has 0 bridgehead atoms. The van der Waals surface area contributed by atoms with E-state index in [4.69, 9.17) is 11.6 Å². The number of nitrogens with one attached hydrogen (secondary N) is 1. The van der Waals surface area contributed by atoms with Gasteiger partial charge in [0, 0.05) is 16.9 Å². The van der Waals surface area contributed by atoms with Gasteiger partial charge >= 0.3 is 0 Å². The third-order valence-corrected chi connectivity index (χ3v) is 2.57. The normalized spacial score (nSPS) is 10.0. The van der Waals surface area contributed by atoms with Crippen molar-refractivity contribution in [3.8, 4) is 0 Å². The second-order valence-electron chi connectivity index (χ2n) is 3.63. The van der Waals surface area contributed by atoms with Crippen molar-refractivity contribution in [2.24, 2.45) is 0 Å². The molecule has 4 heteroatoms. The van der Waals surface area contributed by atoms with Crippen molar-refractivity contribution in [3.05, 3.63) is 58.9 Å². The van der Waals surface area contributed by atoms with Gasteiger partial charge in [-0.25, -0.2) is 0 Å². The molecule has 1 heterocycles. The van der Waals surface area contributed by atoms with Gasteiger partial charge in [-0.2, -0.15) is 0 Å². The van der Waals surface area contributed by atoms with Gasteiger partial charge in [-0.15, -0.1) is 0 Å². The van der Waals surface area contributed by atoms with Crippen LogP contribution in [0, 0.1) is 6.92 Å². The number of carbonyl (C=O) groups is 1. The van der Waals surface area contributed by atoms with E-state index < -0.39 is 0 Å². The molecule has 0 aliphatic rings. The first-order valence-corrected chi connectivity index (χ1v) is 5.53. The van der Waals surface area contributed by atoms with Crippen LogP contribution in [-0.2, 0) is 0 Å². The molecule has 2 rings (SSSR count). The molecule has 1 aromatic carbocycles. The molecule has 1 aromatic heterocycles. The first-order chi connectivity index (χ1) is 8.16. The van der Waals surface area contributed by atoms with Crippen LogP contribution < -0.4 is 5.32 Å². The van der Waals surface area contributed by atoms with E-state index in [0.717, 1.165) is 11.3 Å². The number of carbonyl (C=O) groups excluding carboxylic acids is 1. The van der Waals surface area contributed by atoms with E-state index in [1.807, 2.05) is 6.92 Å². The number of benzene rings is 1. The van der Waals surface area contributed by atoms with E-state index >= 15 is 0 Å². The van der Waals surface area contributed by atoms with Gasteiger partial charge in [0.2, 0.25) is 0 Å². The predicted octanol–water partition coefficient (Wildman–Crippen LogP) is 3.30. The minimum atomic E-state index is -0.226. The summed E-state index contributed by atoms with van der Waals surface area (Å²) in [7, 11) is 0. The van der Waals surface area contributed by atoms with Crippen molar-refractivity contribution in [2.45, 2.75) is 6.92 Å². The molecule has 0 atom stereocenters. The van der Waals surface area contributed by atoms with Crippen molar-refractivity contribution < 1.29 is 4.79 Å². The molecule has 0 spiro atoms. The number of amides is 1. The molecule has 2 aromatic rings. The zero-order valence-corrected chi connectivity index (χ0v) is 10.0. The fourth-order valence-corrected chi connectivity index (χ4v) is 1.68. The number of pyridine rings is 1. The predicted molar refractivity (Wildman–Crippen MR) is 68.4 cm³/mol. The maximum Gasteiger partial charge on any atom is 0.274 e. The average Bonchev–Trinajstić information content (AvgIpc) is 2.34. The summed E-state index contributed by atoms with van der Waals surface area (Å²) in [6, 6.07) is 10.5. The molecule has 17 heavy (non-hydrogen) atoms. The van der Waals surface area contributed by atoms with E-state index in [1.54, 1.807) is 42.6 Å². The Morgan fingerprint density at radius 2 is 2.12 bits per heavy atom. The Morgan fingerprint density at radius 1 is 1.29 bits per heavy atom. The zero-order valence-electron chi connectivity index (χ0n) is 9.27. The molecule has 3 nitrogen and oxygen atoms in total. The van der Waals surface area contributed by atoms with Gasteiger partial charge in [0.15, 0.2) is 0 Å². The number of nitrogens with zero attached hydrogens (tertiary/aromatic N) is 1. The van der Waals surface area contributed by atoms with Crippen molar-refractivity contribution in [1.82, 2.24) is 4.98 Å². The highest BCUT2D eigenvalue weighted by Crippen LogP contribution is 2.19. The summed E-state index contributed by atoms with van der Waals surface area (Å²) in [5.41, 5.74) is 2.05. The maximum absolute atomic E-state index is 11.8. The van der Waals surface area contributed by atoms with Crippen LogP contribution in [0.1, 0.15) is 16.1 Å². The molecule has 0 unspecified atom stereocenters. The van der Waals surface area contributed by atoms with Gasteiger partial charge in [-0.1, -0.05) is 17.7 Å². The first kappa shape index (κ1) is 11.6. The summed E-state index contributed by atoms with van der Waals surface area (Å²) in [6.45, 7) is 1.89. The molecule has 0 fully saturated rings. The topological polar surface area (TPSA) is 42.0 Å². The highest BCUT2D eigenvalue weighted by molar-refractivity contribution is 6.30. The van der Waals surface area contributed by atoms with E-state index in [1.165, 1.54) is 0 Å². The van der Waals surface area contributed by atoms with E-state index in [0.29, 0.717) is 10.7 Å². The third-order valence-electron chi connectivity index (χ3n) is 2.33. The molecule has 0 saturated heterocycles. The second kappa shape index (κ2) is 4.97. The lowest BCUT2D eigenvalue weighted by Crippen LogP contribution is -2.14. The summed E-state index contributed by atoms with van der Waals surface area (Å²) in [6.07, 6.45) is 1.59. The van der Waals surface area contributed by atoms with E-state index in [2.05, 4.69) is 10.3 Å². The summed E-state index contributed by atoms with van der Waals surface area (Å²) < 4.78 is 0. The van der Waals surface area contributed by atoms with Crippen LogP contribution in [0.4, 0.5) is 5.69 Å². The lowest BCUT2D eigenvalue weighted by Gasteiger charge is -2.07. The number of hydrogen-bond donors (Lipinski definition) is 1. The SMILES string of the molecule is Cc1cc(Cl)ccc1NC(=O)c1ccccn1. The first-order valence-electron chi connectivity index (χ1n) is 5.15. The van der Waals surface area contributed by atoms with Crippen molar-refractivity contribution >= 4 is 23.2 Å². The summed E-state index contributed by atoms with van der Waals surface area (Å²) in [5, 5.41) is 3.44. The Bertz CT molecular complexity index is 540. The summed E-state index contributed by atoms with van der Waals surface area (Å²) >= 11 is 5.85. The standard InChI is InChI=1S/C13H11ClN2O/c1-9-8-10(14)5-6-11(9)16-13(17)12-4-2-3-7-15-12/h2-8H,1H3,(H,16,17). The quantitative estimate of drug-likeness (QED) is 0.884. The van der Waals surface area contributed by atoms with Crippen LogP contribution in [0.15, 0.2) is 42.6 Å². The maximum atomic E-state index is 11.8. The largest absolute Gasteiger partial charge is 0.320 e. The van der Waals surface area contributed by atoms with Crippen LogP contribution in [0.25, 0.3) is 0 Å². The third kappa shape index (κ3) is 2.82. The van der Waals surface area contributed by atoms with Crippen molar-refractivity contribution in [1.29, 1.82) is 0 Å². The highest BCUT2D eigenvalue weighted by Gasteiger charge is 2.08. The number of anilines is 1. The van der Waals surface area contributed by atoms with Crippen molar-refractivity contribution in [3.63, 3.8) is 0 Å². The second-order valence-corrected chi connectivity index (χ2v) is 4.06. The number of rotatable bonds is 2. The molecule has 86 valence electrons. The molecular formula is C13H11ClN2O. The van der Waals surface area contributed by atoms with Gasteiger partial charge in [0.1, 0.15) is 5.69 Å². The number of halogens is 1. The molecule has 0 radical (unpaired) electrons. The molecule has 0 saturated carbocycles. The number of hydrogen-bond acceptors (Lipinski definition) is 2. The Labute approximate surface area is 104 Å². The summed E-state index contributed by atoms with van der Waals surface area (Å²) in [5.74, 6) is -0.226. The van der Waals surface area contributed by atoms with Crippen LogP contribution in [0.2, 0.25) is 5.02 Å². The van der Waals surface area contributed by atoms with E-state index in [9.17, 15) is 4.79 Å². The monoisotopic (exact) mass is 246 g/mol. The number of aromatic nitrogens is 1. The Kier molecular flexibility index (Phi) is 3.40. The summed E-state index contributed by atoms with van der Waals surface area (Å²) in [4.78, 5) is 15.8. The molecule has 0 aliphatic carbocycles. The Morgan fingerprint density at radius 3 is 2.76 bits per heavy atom. The van der Waals surface area contributed by atoms with Crippen LogP contribution >= 0.6 is 11.6 Å². The highest BCUT2D eigenvalue weighted by atomic mass is 35.5. The fraction of sp³-hybridized carbons (Fsp3) is 0.0769. The van der Waals surface area contributed by atoms with Crippen LogP contribution in [-0.4, -0.2) is 10.9 Å². The molecular weight excluding hydrogens is 236 g/mol. The number of aryl methyl sites for hydroxylation is 1. The Balaban J connectivity index is 2.19. The molecule has 1 amide bonds. The zero-order chi connectivity index (χ0) is 12.3. The minimum Gasteiger partial charge on any atom is -0.320 e. The molecule has 0 aliphatic heterocycles. The van der Waals surface area contributed by atoms with Gasteiger partial charge in [-0.05, 0) is 42.8 Å². The molecule has 1 N–H and O–H groups in total. The van der Waals surface area contributed by atoms with Crippen molar-refractivity contribution in [2.75, 3.05) is 5.32 Å². The Hall–Kier alpha value is -1.87. The fourth-order valence-electron chi connectivity index (χ4n) is 1.45. The van der Waals surface area contributed by atoms with Gasteiger partial charge in [-0.3, -0.25) is 9.78 Å².